The Morgan fingerprint density at radius 2 is 2.29 bits per heavy atom. The van der Waals surface area contributed by atoms with Crippen molar-refractivity contribution in [3.8, 4) is 11.8 Å². The van der Waals surface area contributed by atoms with Crippen molar-refractivity contribution in [1.29, 1.82) is 5.26 Å². The lowest BCUT2D eigenvalue weighted by atomic mass is 10.1. The number of phenolic OH excluding ortho intramolecular Hbond substituents is 1. The number of thiophene rings is 1. The molecule has 0 atom stereocenters. The molecule has 2 aromatic rings. The molecule has 1 heterocycles. The lowest BCUT2D eigenvalue weighted by Gasteiger charge is -2.00. The van der Waals surface area contributed by atoms with Gasteiger partial charge in [0.05, 0.1) is 17.4 Å². The fraction of sp³-hybridized carbons (Fsp3) is 0.100. The van der Waals surface area contributed by atoms with Crippen LogP contribution in [0.1, 0.15) is 5.56 Å². The average molecular weight is 221 g/mol. The van der Waals surface area contributed by atoms with E-state index in [0.29, 0.717) is 11.3 Å². The van der Waals surface area contributed by atoms with Crippen LogP contribution < -0.4 is 0 Å². The van der Waals surface area contributed by atoms with E-state index in [1.807, 2.05) is 11.4 Å². The number of aromatic hydroxyl groups is 1. The number of nitriles is 1. The van der Waals surface area contributed by atoms with Gasteiger partial charge >= 0.3 is 0 Å². The Bertz CT molecular complexity index is 525. The molecule has 70 valence electrons. The predicted molar refractivity (Wildman–Crippen MR) is 60.1 cm³/mol. The van der Waals surface area contributed by atoms with Crippen LogP contribution in [0.4, 0.5) is 0 Å². The van der Waals surface area contributed by atoms with Crippen molar-refractivity contribution in [1.82, 2.24) is 0 Å². The molecule has 0 aliphatic heterocycles. The number of rotatable bonds is 1. The molecular weight excluding hydrogens is 214 g/mol. The molecule has 0 aliphatic carbocycles. The Hall–Kier alpha value is -1.18. The van der Waals surface area contributed by atoms with E-state index in [9.17, 15) is 5.11 Å². The molecule has 14 heavy (non-hydrogen) atoms. The largest absolute Gasteiger partial charge is 0.507 e. The Morgan fingerprint density at radius 1 is 1.50 bits per heavy atom. The summed E-state index contributed by atoms with van der Waals surface area (Å²) in [5.41, 5.74) is 0.938. The van der Waals surface area contributed by atoms with Gasteiger partial charge in [-0.2, -0.15) is 5.26 Å². The lowest BCUT2D eigenvalue weighted by Crippen LogP contribution is -1.79. The molecule has 2 nitrogen and oxygen atoms in total. The zero-order chi connectivity index (χ0) is 10.1. The normalized spacial score (nSPS) is 10.3. The van der Waals surface area contributed by atoms with Crippen molar-refractivity contribution in [2.45, 2.75) is 11.3 Å². The second-order valence-electron chi connectivity index (χ2n) is 2.90. The summed E-state index contributed by atoms with van der Waals surface area (Å²) in [6.45, 7) is 0. The van der Waals surface area contributed by atoms with Gasteiger partial charge in [-0.05, 0) is 23.1 Å². The number of benzene rings is 1. The van der Waals surface area contributed by atoms with Gasteiger partial charge in [0.1, 0.15) is 5.75 Å². The molecule has 0 spiro atoms. The van der Waals surface area contributed by atoms with Gasteiger partial charge < -0.3 is 5.11 Å². The van der Waals surface area contributed by atoms with E-state index in [2.05, 4.69) is 18.7 Å². The molecule has 1 N–H and O–H groups in total. The van der Waals surface area contributed by atoms with Crippen LogP contribution in [0.3, 0.4) is 0 Å². The average Bonchev–Trinajstić information content (AvgIpc) is 2.57. The summed E-state index contributed by atoms with van der Waals surface area (Å²) in [5.74, 6) is 0.165. The van der Waals surface area contributed by atoms with Crippen molar-refractivity contribution in [2.24, 2.45) is 0 Å². The molecular formula is C10H7NOS2. The van der Waals surface area contributed by atoms with Crippen molar-refractivity contribution < 1.29 is 5.11 Å². The zero-order valence-electron chi connectivity index (χ0n) is 7.19. The van der Waals surface area contributed by atoms with Gasteiger partial charge in [-0.25, -0.2) is 0 Å². The predicted octanol–water partition coefficient (Wildman–Crippen LogP) is 2.96. The Labute approximate surface area is 90.8 Å². The summed E-state index contributed by atoms with van der Waals surface area (Å²) in [6.07, 6.45) is 0.358. The Balaban J connectivity index is 2.77. The van der Waals surface area contributed by atoms with Gasteiger partial charge in [0.2, 0.25) is 0 Å². The minimum absolute atomic E-state index is 0.165. The van der Waals surface area contributed by atoms with Crippen molar-refractivity contribution >= 4 is 34.1 Å². The first-order chi connectivity index (χ1) is 6.74. The van der Waals surface area contributed by atoms with Crippen molar-refractivity contribution in [3.05, 3.63) is 23.1 Å². The van der Waals surface area contributed by atoms with Crippen LogP contribution in [-0.4, -0.2) is 5.11 Å². The zero-order valence-corrected chi connectivity index (χ0v) is 8.90. The standard InChI is InChI=1S/C10H7NOS2/c11-4-3-6-5-14-8-2-1-7(12)10(13)9(6)8/h1-2,5,12-13H,3H2. The Kier molecular flexibility index (Phi) is 2.36. The topological polar surface area (TPSA) is 44.0 Å². The third kappa shape index (κ3) is 1.35. The van der Waals surface area contributed by atoms with E-state index in [1.165, 1.54) is 0 Å². The first-order valence-electron chi connectivity index (χ1n) is 4.02. The van der Waals surface area contributed by atoms with Crippen LogP contribution in [0.25, 0.3) is 10.1 Å². The first kappa shape index (κ1) is 9.38. The summed E-state index contributed by atoms with van der Waals surface area (Å²) >= 11 is 5.81. The fourth-order valence-corrected chi connectivity index (χ4v) is 2.76. The van der Waals surface area contributed by atoms with Gasteiger partial charge in [0.25, 0.3) is 0 Å². The van der Waals surface area contributed by atoms with E-state index in [4.69, 9.17) is 5.26 Å². The number of hydrogen-bond acceptors (Lipinski definition) is 4. The molecule has 0 bridgehead atoms. The molecule has 0 amide bonds. The van der Waals surface area contributed by atoms with Gasteiger partial charge in [0, 0.05) is 10.1 Å². The maximum atomic E-state index is 9.47. The monoisotopic (exact) mass is 221 g/mol. The van der Waals surface area contributed by atoms with E-state index in [-0.39, 0.29) is 5.75 Å². The van der Waals surface area contributed by atoms with E-state index in [0.717, 1.165) is 15.6 Å². The highest BCUT2D eigenvalue weighted by molar-refractivity contribution is 7.80. The number of fused-ring (bicyclic) bond motifs is 1. The second kappa shape index (κ2) is 3.52. The first-order valence-corrected chi connectivity index (χ1v) is 5.34. The number of thiol groups is 1. The maximum absolute atomic E-state index is 9.47. The van der Waals surface area contributed by atoms with Crippen molar-refractivity contribution in [2.75, 3.05) is 0 Å². The van der Waals surface area contributed by atoms with Crippen molar-refractivity contribution in [3.63, 3.8) is 0 Å². The number of hydrogen-bond donors (Lipinski definition) is 2. The SMILES string of the molecule is N#CCc1csc2ccc(O)c(S)c12. The number of phenols is 1. The maximum Gasteiger partial charge on any atom is 0.129 e. The molecule has 1 aromatic carbocycles. The third-order valence-corrected chi connectivity index (χ3v) is 3.49. The molecule has 0 fully saturated rings. The number of nitrogens with zero attached hydrogens (tertiary/aromatic N) is 1. The van der Waals surface area contributed by atoms with Crippen LogP contribution in [0, 0.1) is 11.3 Å². The smallest absolute Gasteiger partial charge is 0.129 e. The summed E-state index contributed by atoms with van der Waals surface area (Å²) in [6, 6.07) is 5.57. The van der Waals surface area contributed by atoms with E-state index in [1.54, 1.807) is 17.4 Å². The summed E-state index contributed by atoms with van der Waals surface area (Å²) in [7, 11) is 0. The molecule has 0 saturated carbocycles. The highest BCUT2D eigenvalue weighted by Crippen LogP contribution is 2.36. The van der Waals surface area contributed by atoms with Crippen LogP contribution in [0.2, 0.25) is 0 Å². The molecule has 2 rings (SSSR count). The van der Waals surface area contributed by atoms with Crippen LogP contribution in [0.15, 0.2) is 22.4 Å². The minimum atomic E-state index is 0.165. The molecule has 0 unspecified atom stereocenters. The molecule has 1 aromatic heterocycles. The van der Waals surface area contributed by atoms with Gasteiger partial charge in [-0.1, -0.05) is 0 Å². The Morgan fingerprint density at radius 3 is 3.00 bits per heavy atom. The quantitative estimate of drug-likeness (QED) is 0.727. The van der Waals surface area contributed by atoms with Crippen LogP contribution in [0.5, 0.6) is 5.75 Å². The molecule has 0 aliphatic rings. The van der Waals surface area contributed by atoms with E-state index >= 15 is 0 Å². The summed E-state index contributed by atoms with van der Waals surface area (Å²) < 4.78 is 1.05. The van der Waals surface area contributed by atoms with E-state index < -0.39 is 0 Å². The minimum Gasteiger partial charge on any atom is -0.507 e. The van der Waals surface area contributed by atoms with Gasteiger partial charge in [-0.3, -0.25) is 0 Å². The van der Waals surface area contributed by atoms with Gasteiger partial charge in [0.15, 0.2) is 0 Å². The second-order valence-corrected chi connectivity index (χ2v) is 4.26. The summed E-state index contributed by atoms with van der Waals surface area (Å²) in [5, 5.41) is 20.9. The highest BCUT2D eigenvalue weighted by Gasteiger charge is 2.09. The third-order valence-electron chi connectivity index (χ3n) is 2.04. The van der Waals surface area contributed by atoms with Gasteiger partial charge in [-0.15, -0.1) is 24.0 Å². The molecule has 4 heteroatoms. The summed E-state index contributed by atoms with van der Waals surface area (Å²) in [4.78, 5) is 0.564. The highest BCUT2D eigenvalue weighted by atomic mass is 32.1. The lowest BCUT2D eigenvalue weighted by molar-refractivity contribution is 0.464. The van der Waals surface area contributed by atoms with Crippen LogP contribution >= 0.6 is 24.0 Å². The fourth-order valence-electron chi connectivity index (χ4n) is 1.38. The molecule has 0 saturated heterocycles. The van der Waals surface area contributed by atoms with Crippen LogP contribution in [-0.2, 0) is 6.42 Å². The molecule has 0 radical (unpaired) electrons.